The topological polar surface area (TPSA) is 35.8 Å². The summed E-state index contributed by atoms with van der Waals surface area (Å²) < 4.78 is 0. The molecule has 0 saturated heterocycles. The predicted octanol–water partition coefficient (Wildman–Crippen LogP) is 3.24. The van der Waals surface area contributed by atoms with Crippen molar-refractivity contribution >= 4 is 0 Å². The molecule has 1 N–H and O–H groups in total. The lowest BCUT2D eigenvalue weighted by atomic mass is 9.84. The summed E-state index contributed by atoms with van der Waals surface area (Å²) in [7, 11) is 0. The molecule has 90 valence electrons. The minimum absolute atomic E-state index is 0.359. The van der Waals surface area contributed by atoms with Gasteiger partial charge in [-0.2, -0.15) is 5.26 Å². The van der Waals surface area contributed by atoms with Crippen molar-refractivity contribution in [2.45, 2.75) is 64.3 Å². The van der Waals surface area contributed by atoms with E-state index in [1.807, 2.05) is 0 Å². The quantitative estimate of drug-likeness (QED) is 0.772. The number of hydrogen-bond donors (Lipinski definition) is 1. The Bertz CT molecular complexity index is 256. The molecule has 2 aliphatic rings. The lowest BCUT2D eigenvalue weighted by Crippen LogP contribution is -2.38. The van der Waals surface area contributed by atoms with E-state index in [1.165, 1.54) is 44.9 Å². The number of nitrogens with zero attached hydrogens (tertiary/aromatic N) is 1. The van der Waals surface area contributed by atoms with Crippen LogP contribution in [0.25, 0.3) is 0 Å². The standard InChI is InChI=1S/C14H24N2/c1-12(13-5-3-2-4-6-13)16-11-14(7-8-14)9-10-15/h12-13,16H,2-9,11H2,1H3/t12-/m1/s1. The molecule has 0 radical (unpaired) electrons. The second kappa shape index (κ2) is 5.19. The summed E-state index contributed by atoms with van der Waals surface area (Å²) >= 11 is 0. The van der Waals surface area contributed by atoms with Gasteiger partial charge in [0.15, 0.2) is 0 Å². The van der Waals surface area contributed by atoms with Crippen molar-refractivity contribution in [3.63, 3.8) is 0 Å². The fourth-order valence-electron chi connectivity index (χ4n) is 2.94. The van der Waals surface area contributed by atoms with E-state index in [0.717, 1.165) is 18.9 Å². The smallest absolute Gasteiger partial charge is 0.0628 e. The number of hydrogen-bond acceptors (Lipinski definition) is 2. The van der Waals surface area contributed by atoms with Gasteiger partial charge in [-0.15, -0.1) is 0 Å². The van der Waals surface area contributed by atoms with E-state index in [0.29, 0.717) is 11.5 Å². The maximum Gasteiger partial charge on any atom is 0.0628 e. The Balaban J connectivity index is 1.71. The first-order valence-corrected chi connectivity index (χ1v) is 6.86. The molecular weight excluding hydrogens is 196 g/mol. The molecule has 0 unspecified atom stereocenters. The molecule has 1 atom stereocenters. The molecular formula is C14H24N2. The average Bonchev–Trinajstić information content (AvgIpc) is 3.08. The highest BCUT2D eigenvalue weighted by Crippen LogP contribution is 2.48. The molecule has 2 heteroatoms. The van der Waals surface area contributed by atoms with E-state index in [-0.39, 0.29) is 0 Å². The molecule has 2 nitrogen and oxygen atoms in total. The van der Waals surface area contributed by atoms with Gasteiger partial charge in [0, 0.05) is 19.0 Å². The van der Waals surface area contributed by atoms with E-state index in [9.17, 15) is 0 Å². The van der Waals surface area contributed by atoms with Crippen LogP contribution in [0.5, 0.6) is 0 Å². The van der Waals surface area contributed by atoms with Crippen molar-refractivity contribution in [2.75, 3.05) is 6.54 Å². The third kappa shape index (κ3) is 2.98. The van der Waals surface area contributed by atoms with Gasteiger partial charge >= 0.3 is 0 Å². The molecule has 2 fully saturated rings. The number of rotatable bonds is 5. The minimum atomic E-state index is 0.359. The third-order valence-electron chi connectivity index (χ3n) is 4.57. The average molecular weight is 220 g/mol. The van der Waals surface area contributed by atoms with Gasteiger partial charge in [-0.25, -0.2) is 0 Å². The van der Waals surface area contributed by atoms with Crippen LogP contribution in [-0.2, 0) is 0 Å². The zero-order valence-electron chi connectivity index (χ0n) is 10.5. The Morgan fingerprint density at radius 2 is 2.00 bits per heavy atom. The van der Waals surface area contributed by atoms with Crippen LogP contribution >= 0.6 is 0 Å². The first-order chi connectivity index (χ1) is 7.76. The molecule has 0 aromatic carbocycles. The maximum atomic E-state index is 8.78. The first kappa shape index (κ1) is 11.9. The molecule has 0 aromatic rings. The van der Waals surface area contributed by atoms with Crippen molar-refractivity contribution in [2.24, 2.45) is 11.3 Å². The Morgan fingerprint density at radius 1 is 1.31 bits per heavy atom. The summed E-state index contributed by atoms with van der Waals surface area (Å²) in [6.45, 7) is 3.40. The van der Waals surface area contributed by atoms with Gasteiger partial charge in [0.05, 0.1) is 6.07 Å². The molecule has 2 rings (SSSR count). The molecule has 0 heterocycles. The van der Waals surface area contributed by atoms with Gasteiger partial charge in [0.1, 0.15) is 0 Å². The summed E-state index contributed by atoms with van der Waals surface area (Å²) in [5.41, 5.74) is 0.359. The molecule has 2 saturated carbocycles. The molecule has 2 aliphatic carbocycles. The highest BCUT2D eigenvalue weighted by molar-refractivity contribution is 5.01. The maximum absolute atomic E-state index is 8.78. The van der Waals surface area contributed by atoms with Crippen LogP contribution in [0.1, 0.15) is 58.3 Å². The molecule has 0 aromatic heterocycles. The van der Waals surface area contributed by atoms with Crippen molar-refractivity contribution in [3.8, 4) is 6.07 Å². The molecule has 0 spiro atoms. The van der Waals surface area contributed by atoms with Gasteiger partial charge in [-0.05, 0) is 43.9 Å². The zero-order valence-corrected chi connectivity index (χ0v) is 10.5. The highest BCUT2D eigenvalue weighted by Gasteiger charge is 2.42. The predicted molar refractivity (Wildman–Crippen MR) is 65.9 cm³/mol. The van der Waals surface area contributed by atoms with Crippen LogP contribution in [0.3, 0.4) is 0 Å². The second-order valence-electron chi connectivity index (χ2n) is 5.90. The molecule has 0 aliphatic heterocycles. The van der Waals surface area contributed by atoms with Gasteiger partial charge in [-0.3, -0.25) is 0 Å². The van der Waals surface area contributed by atoms with E-state index >= 15 is 0 Å². The normalized spacial score (nSPS) is 26.0. The van der Waals surface area contributed by atoms with Crippen LogP contribution in [0, 0.1) is 22.7 Å². The van der Waals surface area contributed by atoms with Gasteiger partial charge < -0.3 is 5.32 Å². The number of nitrogens with one attached hydrogen (secondary N) is 1. The molecule has 0 bridgehead atoms. The Labute approximate surface area is 99.4 Å². The van der Waals surface area contributed by atoms with Crippen molar-refractivity contribution in [3.05, 3.63) is 0 Å². The summed E-state index contributed by atoms with van der Waals surface area (Å²) in [6, 6.07) is 2.98. The SMILES string of the molecule is C[C@@H](NCC1(CC#N)CC1)C1CCCCC1. The lowest BCUT2D eigenvalue weighted by Gasteiger charge is -2.29. The second-order valence-corrected chi connectivity index (χ2v) is 5.90. The van der Waals surface area contributed by atoms with Crippen molar-refractivity contribution in [1.82, 2.24) is 5.32 Å². The summed E-state index contributed by atoms with van der Waals surface area (Å²) in [5, 5.41) is 12.5. The fraction of sp³-hybridized carbons (Fsp3) is 0.929. The van der Waals surface area contributed by atoms with Crippen LogP contribution in [0.4, 0.5) is 0 Å². The van der Waals surface area contributed by atoms with E-state index in [1.54, 1.807) is 0 Å². The first-order valence-electron chi connectivity index (χ1n) is 6.86. The van der Waals surface area contributed by atoms with Crippen LogP contribution in [-0.4, -0.2) is 12.6 Å². The Kier molecular flexibility index (Phi) is 3.86. The largest absolute Gasteiger partial charge is 0.313 e. The summed E-state index contributed by atoms with van der Waals surface area (Å²) in [4.78, 5) is 0. The van der Waals surface area contributed by atoms with Crippen molar-refractivity contribution < 1.29 is 0 Å². The Morgan fingerprint density at radius 3 is 2.56 bits per heavy atom. The van der Waals surface area contributed by atoms with E-state index in [4.69, 9.17) is 5.26 Å². The minimum Gasteiger partial charge on any atom is -0.313 e. The fourth-order valence-corrected chi connectivity index (χ4v) is 2.94. The van der Waals surface area contributed by atoms with Crippen LogP contribution < -0.4 is 5.32 Å². The third-order valence-corrected chi connectivity index (χ3v) is 4.57. The Hall–Kier alpha value is -0.550. The van der Waals surface area contributed by atoms with E-state index in [2.05, 4.69) is 18.3 Å². The highest BCUT2D eigenvalue weighted by atomic mass is 14.9. The monoisotopic (exact) mass is 220 g/mol. The summed E-state index contributed by atoms with van der Waals surface area (Å²) in [5.74, 6) is 0.881. The van der Waals surface area contributed by atoms with Crippen molar-refractivity contribution in [1.29, 1.82) is 5.26 Å². The lowest BCUT2D eigenvalue weighted by molar-refractivity contribution is 0.269. The summed E-state index contributed by atoms with van der Waals surface area (Å²) in [6.07, 6.45) is 10.3. The van der Waals surface area contributed by atoms with Gasteiger partial charge in [-0.1, -0.05) is 19.3 Å². The van der Waals surface area contributed by atoms with E-state index < -0.39 is 0 Å². The van der Waals surface area contributed by atoms with Gasteiger partial charge in [0.2, 0.25) is 0 Å². The zero-order chi connectivity index (χ0) is 11.4. The number of nitriles is 1. The van der Waals surface area contributed by atoms with Crippen LogP contribution in [0.15, 0.2) is 0 Å². The van der Waals surface area contributed by atoms with Crippen LogP contribution in [0.2, 0.25) is 0 Å². The molecule has 16 heavy (non-hydrogen) atoms. The molecule has 0 amide bonds. The van der Waals surface area contributed by atoms with Gasteiger partial charge in [0.25, 0.3) is 0 Å².